The molecular formula is C15H18ClNO3. The molecule has 0 fully saturated rings. The highest BCUT2D eigenvalue weighted by atomic mass is 35.5. The van der Waals surface area contributed by atoms with Crippen molar-refractivity contribution in [2.45, 2.75) is 13.0 Å². The van der Waals surface area contributed by atoms with Crippen molar-refractivity contribution in [1.82, 2.24) is 5.32 Å². The van der Waals surface area contributed by atoms with Gasteiger partial charge in [0.25, 0.3) is 0 Å². The van der Waals surface area contributed by atoms with E-state index in [0.717, 1.165) is 29.2 Å². The Morgan fingerprint density at radius 3 is 2.55 bits per heavy atom. The molecule has 0 spiro atoms. The summed E-state index contributed by atoms with van der Waals surface area (Å²) in [4.78, 5) is 0. The van der Waals surface area contributed by atoms with E-state index in [4.69, 9.17) is 25.5 Å². The van der Waals surface area contributed by atoms with Crippen LogP contribution in [0.15, 0.2) is 34.9 Å². The van der Waals surface area contributed by atoms with Crippen LogP contribution in [0, 0.1) is 0 Å². The molecule has 1 N–H and O–H groups in total. The number of nitrogens with one attached hydrogen (secondary N) is 1. The Morgan fingerprint density at radius 1 is 1.20 bits per heavy atom. The zero-order valence-electron chi connectivity index (χ0n) is 11.8. The molecular weight excluding hydrogens is 278 g/mol. The highest BCUT2D eigenvalue weighted by Gasteiger charge is 2.22. The maximum Gasteiger partial charge on any atom is 0.198 e. The Kier molecular flexibility index (Phi) is 4.93. The number of furan rings is 1. The average Bonchev–Trinajstić information content (AvgIpc) is 2.90. The third kappa shape index (κ3) is 2.92. The largest absolute Gasteiger partial charge is 0.497 e. The van der Waals surface area contributed by atoms with Gasteiger partial charge in [-0.2, -0.15) is 0 Å². The highest BCUT2D eigenvalue weighted by Crippen LogP contribution is 2.36. The van der Waals surface area contributed by atoms with Crippen molar-refractivity contribution in [3.05, 3.63) is 46.9 Å². The normalized spacial score (nSPS) is 12.2. The molecule has 0 amide bonds. The lowest BCUT2D eigenvalue weighted by atomic mass is 10.00. The Morgan fingerprint density at radius 2 is 2.00 bits per heavy atom. The first kappa shape index (κ1) is 14.8. The molecule has 0 saturated heterocycles. The number of benzene rings is 1. The third-order valence-corrected chi connectivity index (χ3v) is 3.42. The summed E-state index contributed by atoms with van der Waals surface area (Å²) in [5.41, 5.74) is 1.87. The van der Waals surface area contributed by atoms with Gasteiger partial charge in [-0.1, -0.05) is 6.92 Å². The van der Waals surface area contributed by atoms with Crippen LogP contribution in [0.5, 0.6) is 11.5 Å². The fourth-order valence-corrected chi connectivity index (χ4v) is 2.38. The smallest absolute Gasteiger partial charge is 0.198 e. The number of halogens is 1. The lowest BCUT2D eigenvalue weighted by molar-refractivity contribution is 0.387. The molecule has 20 heavy (non-hydrogen) atoms. The van der Waals surface area contributed by atoms with E-state index in [2.05, 4.69) is 5.32 Å². The van der Waals surface area contributed by atoms with Crippen LogP contribution < -0.4 is 14.8 Å². The summed E-state index contributed by atoms with van der Waals surface area (Å²) in [6.45, 7) is 2.83. The number of rotatable bonds is 6. The van der Waals surface area contributed by atoms with Crippen molar-refractivity contribution in [2.75, 3.05) is 20.8 Å². The van der Waals surface area contributed by atoms with Gasteiger partial charge < -0.3 is 19.2 Å². The van der Waals surface area contributed by atoms with Crippen molar-refractivity contribution in [2.24, 2.45) is 0 Å². The molecule has 0 aliphatic carbocycles. The monoisotopic (exact) mass is 295 g/mol. The molecule has 5 heteroatoms. The molecule has 0 aliphatic heterocycles. The molecule has 2 rings (SSSR count). The number of ether oxygens (including phenoxy) is 2. The van der Waals surface area contributed by atoms with Gasteiger partial charge in [-0.05, 0) is 36.3 Å². The molecule has 4 nitrogen and oxygen atoms in total. The minimum absolute atomic E-state index is 0.0906. The molecule has 0 bridgehead atoms. The van der Waals surface area contributed by atoms with Gasteiger partial charge in [0.1, 0.15) is 11.5 Å². The molecule has 1 aromatic carbocycles. The highest BCUT2D eigenvalue weighted by molar-refractivity contribution is 6.29. The van der Waals surface area contributed by atoms with E-state index < -0.39 is 0 Å². The van der Waals surface area contributed by atoms with E-state index in [1.54, 1.807) is 20.5 Å². The van der Waals surface area contributed by atoms with Crippen LogP contribution in [-0.2, 0) is 0 Å². The van der Waals surface area contributed by atoms with Gasteiger partial charge in [-0.3, -0.25) is 0 Å². The predicted molar refractivity (Wildman–Crippen MR) is 78.8 cm³/mol. The molecule has 1 unspecified atom stereocenters. The lowest BCUT2D eigenvalue weighted by Gasteiger charge is -2.20. The van der Waals surface area contributed by atoms with E-state index in [0.29, 0.717) is 5.22 Å². The zero-order valence-corrected chi connectivity index (χ0v) is 12.5. The second-order valence-electron chi connectivity index (χ2n) is 4.25. The molecule has 0 aliphatic rings. The summed E-state index contributed by atoms with van der Waals surface area (Å²) in [5.74, 6) is 1.49. The van der Waals surface area contributed by atoms with E-state index in [9.17, 15) is 0 Å². The summed E-state index contributed by atoms with van der Waals surface area (Å²) in [6, 6.07) is 7.49. The molecule has 1 atom stereocenters. The van der Waals surface area contributed by atoms with Gasteiger partial charge in [0.2, 0.25) is 0 Å². The van der Waals surface area contributed by atoms with E-state index in [1.807, 2.05) is 31.2 Å². The quantitative estimate of drug-likeness (QED) is 0.883. The summed E-state index contributed by atoms with van der Waals surface area (Å²) in [5, 5.41) is 3.77. The topological polar surface area (TPSA) is 43.6 Å². The van der Waals surface area contributed by atoms with E-state index in [-0.39, 0.29) is 6.04 Å². The van der Waals surface area contributed by atoms with Crippen molar-refractivity contribution in [3.63, 3.8) is 0 Å². The van der Waals surface area contributed by atoms with Crippen LogP contribution >= 0.6 is 11.6 Å². The van der Waals surface area contributed by atoms with Gasteiger partial charge in [-0.15, -0.1) is 0 Å². The third-order valence-electron chi connectivity index (χ3n) is 3.12. The summed E-state index contributed by atoms with van der Waals surface area (Å²) < 4.78 is 15.9. The van der Waals surface area contributed by atoms with Gasteiger partial charge in [0.15, 0.2) is 5.22 Å². The first-order valence-electron chi connectivity index (χ1n) is 6.39. The number of hydrogen-bond donors (Lipinski definition) is 1. The first-order valence-corrected chi connectivity index (χ1v) is 6.77. The van der Waals surface area contributed by atoms with Crippen LogP contribution in [0.2, 0.25) is 5.22 Å². The Hall–Kier alpha value is -1.65. The van der Waals surface area contributed by atoms with Crippen LogP contribution in [0.25, 0.3) is 0 Å². The fraction of sp³-hybridized carbons (Fsp3) is 0.333. The Bertz CT molecular complexity index is 568. The predicted octanol–water partition coefficient (Wildman–Crippen LogP) is 3.65. The van der Waals surface area contributed by atoms with E-state index >= 15 is 0 Å². The molecule has 0 saturated carbocycles. The van der Waals surface area contributed by atoms with Gasteiger partial charge in [-0.25, -0.2) is 0 Å². The minimum Gasteiger partial charge on any atom is -0.497 e. The maximum absolute atomic E-state index is 6.10. The standard InChI is InChI=1S/C15H18ClNO3/c1-4-17-14(12-7-8-20-15(12)16)11-6-5-10(18-2)9-13(11)19-3/h5-9,14,17H,4H2,1-3H3. The van der Waals surface area contributed by atoms with Crippen LogP contribution in [0.1, 0.15) is 24.1 Å². The fourth-order valence-electron chi connectivity index (χ4n) is 2.16. The summed E-state index contributed by atoms with van der Waals surface area (Å²) in [7, 11) is 3.27. The Balaban J connectivity index is 2.46. The molecule has 2 aromatic rings. The molecule has 0 radical (unpaired) electrons. The lowest BCUT2D eigenvalue weighted by Crippen LogP contribution is -2.22. The van der Waals surface area contributed by atoms with Crippen LogP contribution in [0.4, 0.5) is 0 Å². The van der Waals surface area contributed by atoms with Crippen LogP contribution in [0.3, 0.4) is 0 Å². The minimum atomic E-state index is -0.0906. The first-order chi connectivity index (χ1) is 9.71. The second kappa shape index (κ2) is 6.68. The maximum atomic E-state index is 6.10. The molecule has 108 valence electrons. The van der Waals surface area contributed by atoms with Gasteiger partial charge >= 0.3 is 0 Å². The molecule has 1 heterocycles. The van der Waals surface area contributed by atoms with Crippen molar-refractivity contribution in [3.8, 4) is 11.5 Å². The van der Waals surface area contributed by atoms with Gasteiger partial charge in [0.05, 0.1) is 26.5 Å². The molecule has 1 aromatic heterocycles. The number of hydrogen-bond acceptors (Lipinski definition) is 4. The number of methoxy groups -OCH3 is 2. The summed E-state index contributed by atoms with van der Waals surface area (Å²) in [6.07, 6.45) is 1.58. The van der Waals surface area contributed by atoms with Crippen molar-refractivity contribution < 1.29 is 13.9 Å². The SMILES string of the molecule is CCNC(c1ccc(OC)cc1OC)c1ccoc1Cl. The average molecular weight is 296 g/mol. The van der Waals surface area contributed by atoms with Crippen LogP contribution in [-0.4, -0.2) is 20.8 Å². The van der Waals surface area contributed by atoms with Crippen molar-refractivity contribution >= 4 is 11.6 Å². The van der Waals surface area contributed by atoms with E-state index in [1.165, 1.54) is 0 Å². The van der Waals surface area contributed by atoms with Crippen molar-refractivity contribution in [1.29, 1.82) is 0 Å². The second-order valence-corrected chi connectivity index (χ2v) is 4.59. The van der Waals surface area contributed by atoms with Gasteiger partial charge in [0, 0.05) is 17.2 Å². The summed E-state index contributed by atoms with van der Waals surface area (Å²) >= 11 is 6.10. The zero-order chi connectivity index (χ0) is 14.5. The Labute approximate surface area is 123 Å².